The molecule has 0 atom stereocenters. The van der Waals surface area contributed by atoms with Crippen molar-refractivity contribution in [2.24, 2.45) is 0 Å². The maximum atomic E-state index is 13.1. The van der Waals surface area contributed by atoms with Crippen LogP contribution in [0.4, 0.5) is 0 Å². The molecule has 6 nitrogen and oxygen atoms in total. The molecule has 0 fully saturated rings. The molecule has 31 heavy (non-hydrogen) atoms. The van der Waals surface area contributed by atoms with Gasteiger partial charge >= 0.3 is 0 Å². The maximum Gasteiger partial charge on any atom is 0.272 e. The van der Waals surface area contributed by atoms with Gasteiger partial charge in [-0.15, -0.1) is 0 Å². The minimum Gasteiger partial charge on any atom is -0.347 e. The molecular weight excluding hydrogens is 388 g/mol. The van der Waals surface area contributed by atoms with Crippen molar-refractivity contribution in [2.75, 3.05) is 6.54 Å². The highest BCUT2D eigenvalue weighted by molar-refractivity contribution is 5.98. The van der Waals surface area contributed by atoms with Crippen molar-refractivity contribution >= 4 is 11.8 Å². The fraction of sp³-hybridized carbons (Fsp3) is 0.320. The van der Waals surface area contributed by atoms with Gasteiger partial charge in [-0.25, -0.2) is 0 Å². The zero-order valence-electron chi connectivity index (χ0n) is 18.1. The molecule has 0 aliphatic carbocycles. The lowest BCUT2D eigenvalue weighted by atomic mass is 10.1. The van der Waals surface area contributed by atoms with Crippen molar-refractivity contribution in [1.82, 2.24) is 20.0 Å². The second kappa shape index (κ2) is 9.16. The zero-order chi connectivity index (χ0) is 21.8. The molecule has 1 aromatic heterocycles. The highest BCUT2D eigenvalue weighted by Crippen LogP contribution is 2.17. The van der Waals surface area contributed by atoms with Gasteiger partial charge in [0, 0.05) is 32.2 Å². The first kappa shape index (κ1) is 20.8. The number of hydrogen-bond acceptors (Lipinski definition) is 3. The minimum absolute atomic E-state index is 0.0835. The van der Waals surface area contributed by atoms with E-state index < -0.39 is 0 Å². The highest BCUT2D eigenvalue weighted by atomic mass is 16.2. The van der Waals surface area contributed by atoms with E-state index in [4.69, 9.17) is 0 Å². The summed E-state index contributed by atoms with van der Waals surface area (Å²) >= 11 is 0. The van der Waals surface area contributed by atoms with Crippen molar-refractivity contribution in [3.63, 3.8) is 0 Å². The summed E-state index contributed by atoms with van der Waals surface area (Å²) in [6.07, 6.45) is 1.79. The molecule has 0 bridgehead atoms. The van der Waals surface area contributed by atoms with Crippen LogP contribution in [0, 0.1) is 6.92 Å². The molecule has 0 saturated carbocycles. The molecule has 3 aromatic rings. The number of fused-ring (bicyclic) bond motifs is 1. The number of nitrogens with one attached hydrogen (secondary N) is 1. The Morgan fingerprint density at radius 3 is 2.39 bits per heavy atom. The van der Waals surface area contributed by atoms with E-state index in [0.717, 1.165) is 24.0 Å². The molecule has 2 aromatic carbocycles. The quantitative estimate of drug-likeness (QED) is 0.666. The van der Waals surface area contributed by atoms with E-state index in [2.05, 4.69) is 53.7 Å². The summed E-state index contributed by atoms with van der Waals surface area (Å²) in [4.78, 5) is 27.6. The van der Waals surface area contributed by atoms with Gasteiger partial charge in [-0.3, -0.25) is 14.3 Å². The van der Waals surface area contributed by atoms with Gasteiger partial charge in [0.2, 0.25) is 0 Å². The fourth-order valence-electron chi connectivity index (χ4n) is 3.78. The molecule has 1 N–H and O–H groups in total. The van der Waals surface area contributed by atoms with Crippen LogP contribution in [0.3, 0.4) is 0 Å². The predicted molar refractivity (Wildman–Crippen MR) is 120 cm³/mol. The Hall–Kier alpha value is -3.41. The summed E-state index contributed by atoms with van der Waals surface area (Å²) in [7, 11) is 0. The standard InChI is InChI=1S/C25H28N4O2/c1-3-19-9-11-20(12-10-19)16-26-24(30)22-15-23-25(31)28(13-4-14-29(23)27-22)17-21-7-5-18(2)6-8-21/h5-12,15H,3-4,13-14,16-17H2,1-2H3,(H,26,30). The van der Waals surface area contributed by atoms with Crippen LogP contribution in [0.15, 0.2) is 54.6 Å². The van der Waals surface area contributed by atoms with Gasteiger partial charge in [-0.05, 0) is 36.5 Å². The lowest BCUT2D eigenvalue weighted by Crippen LogP contribution is -2.30. The van der Waals surface area contributed by atoms with Crippen LogP contribution in [0.5, 0.6) is 0 Å². The number of amides is 2. The van der Waals surface area contributed by atoms with Gasteiger partial charge in [-0.1, -0.05) is 61.0 Å². The Morgan fingerprint density at radius 2 is 1.68 bits per heavy atom. The van der Waals surface area contributed by atoms with E-state index >= 15 is 0 Å². The number of hydrogen-bond donors (Lipinski definition) is 1. The van der Waals surface area contributed by atoms with Crippen molar-refractivity contribution in [1.29, 1.82) is 0 Å². The largest absolute Gasteiger partial charge is 0.347 e. The van der Waals surface area contributed by atoms with Crippen LogP contribution in [-0.4, -0.2) is 33.0 Å². The average Bonchev–Trinajstić information content (AvgIpc) is 3.16. The van der Waals surface area contributed by atoms with Crippen molar-refractivity contribution in [2.45, 2.75) is 46.3 Å². The molecule has 1 aliphatic heterocycles. The smallest absolute Gasteiger partial charge is 0.272 e. The number of carbonyl (C=O) groups is 2. The Kier molecular flexibility index (Phi) is 6.16. The summed E-state index contributed by atoms with van der Waals surface area (Å²) < 4.78 is 1.67. The SMILES string of the molecule is CCc1ccc(CNC(=O)c2cc3n(n2)CCCN(Cc2ccc(C)cc2)C3=O)cc1. The van der Waals surface area contributed by atoms with Crippen molar-refractivity contribution in [3.05, 3.63) is 88.2 Å². The fourth-order valence-corrected chi connectivity index (χ4v) is 3.78. The van der Waals surface area contributed by atoms with Crippen molar-refractivity contribution < 1.29 is 9.59 Å². The monoisotopic (exact) mass is 416 g/mol. The number of benzene rings is 2. The van der Waals surface area contributed by atoms with E-state index in [1.165, 1.54) is 11.1 Å². The molecule has 2 heterocycles. The summed E-state index contributed by atoms with van der Waals surface area (Å²) in [5.41, 5.74) is 5.35. The maximum absolute atomic E-state index is 13.1. The van der Waals surface area contributed by atoms with Gasteiger partial charge in [0.1, 0.15) is 5.69 Å². The molecule has 2 amide bonds. The number of rotatable bonds is 6. The summed E-state index contributed by atoms with van der Waals surface area (Å²) in [6.45, 7) is 6.44. The van der Waals surface area contributed by atoms with E-state index in [1.54, 1.807) is 10.7 Å². The summed E-state index contributed by atoms with van der Waals surface area (Å²) in [5, 5.41) is 7.32. The number of aromatic nitrogens is 2. The van der Waals surface area contributed by atoms with Crippen LogP contribution in [-0.2, 0) is 26.1 Å². The molecule has 6 heteroatoms. The lowest BCUT2D eigenvalue weighted by molar-refractivity contribution is 0.0745. The molecule has 0 unspecified atom stereocenters. The second-order valence-corrected chi connectivity index (χ2v) is 8.06. The van der Waals surface area contributed by atoms with E-state index in [9.17, 15) is 9.59 Å². The van der Waals surface area contributed by atoms with Crippen LogP contribution in [0.1, 0.15) is 56.6 Å². The molecule has 0 spiro atoms. The summed E-state index contributed by atoms with van der Waals surface area (Å²) in [6, 6.07) is 18.0. The van der Waals surface area contributed by atoms with Gasteiger partial charge in [-0.2, -0.15) is 5.10 Å². The Morgan fingerprint density at radius 1 is 1.00 bits per heavy atom. The molecule has 0 radical (unpaired) electrons. The first-order chi connectivity index (χ1) is 15.0. The Balaban J connectivity index is 1.44. The third-order valence-corrected chi connectivity index (χ3v) is 5.70. The van der Waals surface area contributed by atoms with Crippen LogP contribution in [0.2, 0.25) is 0 Å². The first-order valence-electron chi connectivity index (χ1n) is 10.8. The molecular formula is C25H28N4O2. The van der Waals surface area contributed by atoms with Gasteiger partial charge < -0.3 is 10.2 Å². The number of nitrogens with zero attached hydrogens (tertiary/aromatic N) is 3. The average molecular weight is 417 g/mol. The highest BCUT2D eigenvalue weighted by Gasteiger charge is 2.26. The van der Waals surface area contributed by atoms with Crippen LogP contribution < -0.4 is 5.32 Å². The van der Waals surface area contributed by atoms with Gasteiger partial charge in [0.05, 0.1) is 0 Å². The molecule has 0 saturated heterocycles. The lowest BCUT2D eigenvalue weighted by Gasteiger charge is -2.20. The van der Waals surface area contributed by atoms with E-state index in [-0.39, 0.29) is 17.5 Å². The number of aryl methyl sites for hydroxylation is 3. The van der Waals surface area contributed by atoms with Gasteiger partial charge in [0.15, 0.2) is 5.69 Å². The number of carbonyl (C=O) groups excluding carboxylic acids is 2. The molecule has 1 aliphatic rings. The van der Waals surface area contributed by atoms with Crippen LogP contribution >= 0.6 is 0 Å². The van der Waals surface area contributed by atoms with Crippen molar-refractivity contribution in [3.8, 4) is 0 Å². The van der Waals surface area contributed by atoms with E-state index in [1.807, 2.05) is 24.0 Å². The third kappa shape index (κ3) is 4.85. The zero-order valence-corrected chi connectivity index (χ0v) is 18.1. The normalized spacial score (nSPS) is 13.6. The summed E-state index contributed by atoms with van der Waals surface area (Å²) in [5.74, 6) is -0.349. The van der Waals surface area contributed by atoms with Crippen LogP contribution in [0.25, 0.3) is 0 Å². The Labute approximate surface area is 182 Å². The first-order valence-corrected chi connectivity index (χ1v) is 10.8. The predicted octanol–water partition coefficient (Wildman–Crippen LogP) is 3.73. The Bertz CT molecular complexity index is 1070. The van der Waals surface area contributed by atoms with E-state index in [0.29, 0.717) is 31.9 Å². The minimum atomic E-state index is -0.266. The molecule has 4 rings (SSSR count). The second-order valence-electron chi connectivity index (χ2n) is 8.06. The third-order valence-electron chi connectivity index (χ3n) is 5.70. The molecule has 160 valence electrons. The van der Waals surface area contributed by atoms with Gasteiger partial charge in [0.25, 0.3) is 11.8 Å². The topological polar surface area (TPSA) is 67.2 Å².